The van der Waals surface area contributed by atoms with Crippen LogP contribution in [0.4, 0.5) is 4.79 Å². The Morgan fingerprint density at radius 2 is 1.61 bits per heavy atom. The second-order valence-corrected chi connectivity index (χ2v) is 8.07. The molecule has 31 heavy (non-hydrogen) atoms. The molecule has 7 heteroatoms. The van der Waals surface area contributed by atoms with E-state index in [1.807, 2.05) is 36.4 Å². The molecule has 0 radical (unpaired) electrons. The molecule has 1 aliphatic carbocycles. The zero-order valence-corrected chi connectivity index (χ0v) is 18.2. The van der Waals surface area contributed by atoms with Gasteiger partial charge in [-0.25, -0.2) is 9.59 Å². The van der Waals surface area contributed by atoms with E-state index in [0.29, 0.717) is 0 Å². The van der Waals surface area contributed by atoms with Crippen molar-refractivity contribution >= 4 is 18.0 Å². The molecule has 0 heterocycles. The predicted octanol–water partition coefficient (Wildman–Crippen LogP) is 3.63. The molecule has 0 spiro atoms. The van der Waals surface area contributed by atoms with Crippen molar-refractivity contribution in [1.29, 1.82) is 0 Å². The smallest absolute Gasteiger partial charge is 0.408 e. The van der Waals surface area contributed by atoms with E-state index >= 15 is 0 Å². The van der Waals surface area contributed by atoms with Gasteiger partial charge in [0.05, 0.1) is 0 Å². The van der Waals surface area contributed by atoms with E-state index in [9.17, 15) is 19.5 Å². The Hall–Kier alpha value is -3.35. The van der Waals surface area contributed by atoms with Gasteiger partial charge in [0.2, 0.25) is 5.91 Å². The highest BCUT2D eigenvalue weighted by molar-refractivity contribution is 5.92. The Labute approximate surface area is 182 Å². The van der Waals surface area contributed by atoms with Crippen molar-refractivity contribution in [1.82, 2.24) is 10.2 Å². The number of hydrogen-bond acceptors (Lipinski definition) is 4. The molecule has 0 saturated heterocycles. The third kappa shape index (κ3) is 4.26. The first kappa shape index (κ1) is 22.3. The molecule has 0 aliphatic heterocycles. The Bertz CT molecular complexity index is 959. The highest BCUT2D eigenvalue weighted by Gasteiger charge is 2.39. The van der Waals surface area contributed by atoms with Gasteiger partial charge in [0, 0.05) is 13.0 Å². The fraction of sp³-hybridized carbons (Fsp3) is 0.375. The lowest BCUT2D eigenvalue weighted by atomic mass is 9.96. The highest BCUT2D eigenvalue weighted by atomic mass is 16.5. The number of alkyl carbamates (subject to hydrolysis) is 1. The molecule has 2 atom stereocenters. The SMILES string of the molecule is CCC(C)(NC(=O)OCC1c2ccccc2-c2ccccc21)C(=O)N(C)[C@@H](C)C(=O)O. The van der Waals surface area contributed by atoms with Crippen LogP contribution in [0.5, 0.6) is 0 Å². The summed E-state index contributed by atoms with van der Waals surface area (Å²) in [6, 6.07) is 15.1. The number of carbonyl (C=O) groups excluding carboxylic acids is 2. The van der Waals surface area contributed by atoms with Crippen molar-refractivity contribution in [3.63, 3.8) is 0 Å². The fourth-order valence-electron chi connectivity index (χ4n) is 3.88. The van der Waals surface area contributed by atoms with Crippen LogP contribution in [0.15, 0.2) is 48.5 Å². The van der Waals surface area contributed by atoms with Crippen molar-refractivity contribution in [2.24, 2.45) is 0 Å². The number of carboxylic acids is 1. The quantitative estimate of drug-likeness (QED) is 0.708. The number of fused-ring (bicyclic) bond motifs is 3. The average Bonchev–Trinajstić information content (AvgIpc) is 3.09. The maximum Gasteiger partial charge on any atom is 0.408 e. The molecule has 2 aromatic rings. The van der Waals surface area contributed by atoms with Crippen LogP contribution in [0.2, 0.25) is 0 Å². The number of likely N-dealkylation sites (N-methyl/N-ethyl adjacent to an activating group) is 1. The van der Waals surface area contributed by atoms with Crippen LogP contribution in [-0.4, -0.2) is 53.2 Å². The van der Waals surface area contributed by atoms with E-state index in [-0.39, 0.29) is 18.9 Å². The minimum absolute atomic E-state index is 0.0866. The van der Waals surface area contributed by atoms with Gasteiger partial charge in [-0.05, 0) is 42.5 Å². The van der Waals surface area contributed by atoms with Crippen LogP contribution >= 0.6 is 0 Å². The number of ether oxygens (including phenoxy) is 1. The van der Waals surface area contributed by atoms with Gasteiger partial charge >= 0.3 is 12.1 Å². The standard InChI is InChI=1S/C24H28N2O5/c1-5-24(3,22(29)26(4)15(2)21(27)28)25-23(30)31-14-20-18-12-8-6-10-16(18)17-11-7-9-13-19(17)20/h6-13,15,20H,5,14H2,1-4H3,(H,25,30)(H,27,28)/t15-,24?/m0/s1. The first-order valence-corrected chi connectivity index (χ1v) is 10.3. The normalized spacial score (nSPS) is 15.2. The Morgan fingerprint density at radius 3 is 2.10 bits per heavy atom. The van der Waals surface area contributed by atoms with Crippen molar-refractivity contribution in [2.75, 3.05) is 13.7 Å². The zero-order valence-electron chi connectivity index (χ0n) is 18.2. The molecular formula is C24H28N2O5. The Balaban J connectivity index is 1.71. The van der Waals surface area contributed by atoms with Crippen molar-refractivity contribution in [3.8, 4) is 11.1 Å². The fourth-order valence-corrected chi connectivity index (χ4v) is 3.88. The minimum Gasteiger partial charge on any atom is -0.480 e. The number of rotatable bonds is 7. The van der Waals surface area contributed by atoms with Crippen molar-refractivity contribution < 1.29 is 24.2 Å². The van der Waals surface area contributed by atoms with Crippen LogP contribution in [0.1, 0.15) is 44.2 Å². The van der Waals surface area contributed by atoms with Gasteiger partial charge in [0.1, 0.15) is 18.2 Å². The molecule has 1 aliphatic rings. The summed E-state index contributed by atoms with van der Waals surface area (Å²) in [6.07, 6.45) is -0.428. The molecule has 2 amide bonds. The number of benzene rings is 2. The summed E-state index contributed by atoms with van der Waals surface area (Å²) in [6.45, 7) is 4.88. The number of carboxylic acid groups (broad SMARTS) is 1. The van der Waals surface area contributed by atoms with Gasteiger partial charge in [0.25, 0.3) is 0 Å². The lowest BCUT2D eigenvalue weighted by molar-refractivity contribution is -0.150. The molecular weight excluding hydrogens is 396 g/mol. The van der Waals surface area contributed by atoms with Gasteiger partial charge in [0.15, 0.2) is 0 Å². The summed E-state index contributed by atoms with van der Waals surface area (Å²) in [5.41, 5.74) is 3.18. The maximum atomic E-state index is 12.9. The van der Waals surface area contributed by atoms with E-state index < -0.39 is 29.6 Å². The van der Waals surface area contributed by atoms with Gasteiger partial charge in [-0.1, -0.05) is 55.5 Å². The third-order valence-electron chi connectivity index (χ3n) is 6.16. The van der Waals surface area contributed by atoms with E-state index in [1.54, 1.807) is 13.8 Å². The maximum absolute atomic E-state index is 12.9. The molecule has 164 valence electrons. The second kappa shape index (κ2) is 8.79. The summed E-state index contributed by atoms with van der Waals surface area (Å²) in [7, 11) is 1.41. The molecule has 0 bridgehead atoms. The van der Waals surface area contributed by atoms with E-state index in [4.69, 9.17) is 4.74 Å². The lowest BCUT2D eigenvalue weighted by Gasteiger charge is -2.34. The van der Waals surface area contributed by atoms with Gasteiger partial charge in [-0.2, -0.15) is 0 Å². The summed E-state index contributed by atoms with van der Waals surface area (Å²) in [4.78, 5) is 37.8. The third-order valence-corrected chi connectivity index (χ3v) is 6.16. The molecule has 0 fully saturated rings. The molecule has 0 aromatic heterocycles. The number of carbonyl (C=O) groups is 3. The molecule has 7 nitrogen and oxygen atoms in total. The van der Waals surface area contributed by atoms with Crippen LogP contribution in [0.25, 0.3) is 11.1 Å². The summed E-state index contributed by atoms with van der Waals surface area (Å²) < 4.78 is 5.54. The minimum atomic E-state index is -1.28. The second-order valence-electron chi connectivity index (χ2n) is 8.07. The summed E-state index contributed by atoms with van der Waals surface area (Å²) in [5, 5.41) is 11.8. The zero-order chi connectivity index (χ0) is 22.8. The Morgan fingerprint density at radius 1 is 1.10 bits per heavy atom. The number of aliphatic carboxylic acids is 1. The van der Waals surface area contributed by atoms with Crippen LogP contribution < -0.4 is 5.32 Å². The monoisotopic (exact) mass is 424 g/mol. The van der Waals surface area contributed by atoms with Crippen molar-refractivity contribution in [2.45, 2.75) is 44.7 Å². The van der Waals surface area contributed by atoms with Crippen LogP contribution in [0, 0.1) is 0 Å². The number of hydrogen-bond donors (Lipinski definition) is 2. The number of nitrogens with zero attached hydrogens (tertiary/aromatic N) is 1. The molecule has 1 unspecified atom stereocenters. The van der Waals surface area contributed by atoms with E-state index in [1.165, 1.54) is 14.0 Å². The molecule has 0 saturated carbocycles. The largest absolute Gasteiger partial charge is 0.480 e. The summed E-state index contributed by atoms with van der Waals surface area (Å²) >= 11 is 0. The highest BCUT2D eigenvalue weighted by Crippen LogP contribution is 2.44. The molecule has 2 aromatic carbocycles. The van der Waals surface area contributed by atoms with E-state index in [2.05, 4.69) is 17.4 Å². The van der Waals surface area contributed by atoms with Crippen LogP contribution in [0.3, 0.4) is 0 Å². The molecule has 2 N–H and O–H groups in total. The van der Waals surface area contributed by atoms with Crippen molar-refractivity contribution in [3.05, 3.63) is 59.7 Å². The van der Waals surface area contributed by atoms with E-state index in [0.717, 1.165) is 27.2 Å². The summed E-state index contributed by atoms with van der Waals surface area (Å²) in [5.74, 6) is -1.69. The van der Waals surface area contributed by atoms with Gasteiger partial charge in [-0.3, -0.25) is 4.79 Å². The number of amides is 2. The topological polar surface area (TPSA) is 95.9 Å². The predicted molar refractivity (Wildman–Crippen MR) is 117 cm³/mol. The number of nitrogens with one attached hydrogen (secondary N) is 1. The molecule has 3 rings (SSSR count). The average molecular weight is 424 g/mol. The van der Waals surface area contributed by atoms with Gasteiger partial charge < -0.3 is 20.1 Å². The van der Waals surface area contributed by atoms with Gasteiger partial charge in [-0.15, -0.1) is 0 Å². The first-order chi connectivity index (χ1) is 14.7. The first-order valence-electron chi connectivity index (χ1n) is 10.3. The Kier molecular flexibility index (Phi) is 6.34. The van der Waals surface area contributed by atoms with Crippen LogP contribution in [-0.2, 0) is 14.3 Å². The lowest BCUT2D eigenvalue weighted by Crippen LogP contribution is -2.59.